The molecule has 14 atom stereocenters. The van der Waals surface area contributed by atoms with Gasteiger partial charge in [-0.05, 0) is 97.0 Å². The second-order valence-electron chi connectivity index (χ2n) is 17.5. The predicted octanol–water partition coefficient (Wildman–Crippen LogP) is 5.60. The summed E-state index contributed by atoms with van der Waals surface area (Å²) in [5.74, 6) is -1.40. The molecule has 0 saturated carbocycles. The van der Waals surface area contributed by atoms with Gasteiger partial charge in [-0.2, -0.15) is 0 Å². The molecular weight excluding hydrogens is 692 g/mol. The van der Waals surface area contributed by atoms with Crippen LogP contribution in [0.3, 0.4) is 0 Å². The number of aliphatic hydroxyl groups is 1. The van der Waals surface area contributed by atoms with E-state index in [4.69, 9.17) is 33.3 Å². The van der Waals surface area contributed by atoms with E-state index in [0.29, 0.717) is 36.6 Å². The SMILES string of the molecule is CC[C@H]1OC(=O)[C@H](C)[C@H]2OC/C(=N\Oc3ccc(CC(C)C)cc3)CO[C@@](C)(C[C@@H](C)C3OC1(C)C(=O)C3C)[C@H](O[C@@H]1O[C@H](C)C[C@H](N(C)C)[C@H]1O)[C@@H]2C. The summed E-state index contributed by atoms with van der Waals surface area (Å²) < 4.78 is 39.8. The zero-order valence-corrected chi connectivity index (χ0v) is 34.6. The first-order valence-electron chi connectivity index (χ1n) is 20.0. The van der Waals surface area contributed by atoms with Gasteiger partial charge in [0.25, 0.3) is 0 Å². The van der Waals surface area contributed by atoms with Gasteiger partial charge in [0.2, 0.25) is 0 Å². The van der Waals surface area contributed by atoms with E-state index >= 15 is 0 Å². The van der Waals surface area contributed by atoms with Crippen molar-refractivity contribution in [1.82, 2.24) is 4.90 Å². The largest absolute Gasteiger partial charge is 0.459 e. The molecule has 0 spiro atoms. The van der Waals surface area contributed by atoms with Crippen LogP contribution < -0.4 is 4.84 Å². The average molecular weight is 759 g/mol. The van der Waals surface area contributed by atoms with Crippen molar-refractivity contribution in [1.29, 1.82) is 0 Å². The highest BCUT2D eigenvalue weighted by Crippen LogP contribution is 2.45. The highest BCUT2D eigenvalue weighted by atomic mass is 16.7. The van der Waals surface area contributed by atoms with Crippen molar-refractivity contribution in [2.24, 2.45) is 34.7 Å². The minimum atomic E-state index is -1.30. The van der Waals surface area contributed by atoms with Crippen molar-refractivity contribution in [3.63, 3.8) is 0 Å². The van der Waals surface area contributed by atoms with Gasteiger partial charge in [0, 0.05) is 17.9 Å². The first kappa shape index (κ1) is 42.7. The molecule has 1 aromatic rings. The average Bonchev–Trinajstić information content (AvgIpc) is 3.37. The number of carbonyl (C=O) groups is 2. The number of aliphatic hydroxyl groups excluding tert-OH is 1. The lowest BCUT2D eigenvalue weighted by molar-refractivity contribution is -0.302. The summed E-state index contributed by atoms with van der Waals surface area (Å²) in [4.78, 5) is 36.1. The van der Waals surface area contributed by atoms with Gasteiger partial charge >= 0.3 is 5.97 Å². The molecule has 12 heteroatoms. The standard InChI is InChI=1S/C42H66N2O10/c1-13-33-42(10)37(46)26(6)35(53-42)24(4)20-41(9)38(52-40-34(45)32(44(11)12)19-25(5)50-40)27(7)36(28(8)39(47)51-33)48-21-30(22-49-41)43-54-31-16-14-29(15-17-31)18-23(2)3/h14-17,23-28,32-36,38,40,45H,13,18-22H2,1-12H3/b43-30+/t24-,25-,26?,27-,28-,32+,33-,34-,35?,36+,38-,40+,41+,42?/m1/s1. The molecule has 4 aliphatic heterocycles. The van der Waals surface area contributed by atoms with Crippen LogP contribution in [0.1, 0.15) is 94.1 Å². The molecule has 0 radical (unpaired) electrons. The Morgan fingerprint density at radius 2 is 1.69 bits per heavy atom. The number of hydrogen-bond donors (Lipinski definition) is 1. The fraction of sp³-hybridized carbons (Fsp3) is 0.786. The summed E-state index contributed by atoms with van der Waals surface area (Å²) in [7, 11) is 3.87. The summed E-state index contributed by atoms with van der Waals surface area (Å²) in [5, 5.41) is 16.2. The third-order valence-corrected chi connectivity index (χ3v) is 12.2. The molecule has 304 valence electrons. The van der Waals surface area contributed by atoms with E-state index < -0.39 is 71.7 Å². The lowest BCUT2D eigenvalue weighted by atomic mass is 9.75. The second kappa shape index (κ2) is 17.4. The fourth-order valence-corrected chi connectivity index (χ4v) is 9.22. The van der Waals surface area contributed by atoms with Crippen LogP contribution in [0.15, 0.2) is 29.4 Å². The first-order chi connectivity index (χ1) is 25.4. The van der Waals surface area contributed by atoms with Crippen LogP contribution in [-0.2, 0) is 44.4 Å². The third kappa shape index (κ3) is 9.06. The van der Waals surface area contributed by atoms with Gasteiger partial charge in [-0.3, -0.25) is 9.59 Å². The van der Waals surface area contributed by atoms with Crippen LogP contribution in [-0.4, -0.2) is 115 Å². The highest BCUT2D eigenvalue weighted by molar-refractivity contribution is 5.92. The molecule has 12 nitrogen and oxygen atoms in total. The Balaban J connectivity index is 1.58. The van der Waals surface area contributed by atoms with Gasteiger partial charge in [0.05, 0.1) is 49.1 Å². The first-order valence-corrected chi connectivity index (χ1v) is 20.0. The van der Waals surface area contributed by atoms with E-state index in [0.717, 1.165) is 6.42 Å². The molecule has 54 heavy (non-hydrogen) atoms. The monoisotopic (exact) mass is 758 g/mol. The normalized spacial score (nSPS) is 41.8. The van der Waals surface area contributed by atoms with Crippen LogP contribution >= 0.6 is 0 Å². The van der Waals surface area contributed by atoms with Crippen LogP contribution in [0.4, 0.5) is 0 Å². The molecule has 5 rings (SSSR count). The van der Waals surface area contributed by atoms with E-state index in [1.165, 1.54) is 5.56 Å². The number of rotatable bonds is 8. The maximum absolute atomic E-state index is 14.2. The van der Waals surface area contributed by atoms with Crippen molar-refractivity contribution in [3.8, 4) is 5.75 Å². The predicted molar refractivity (Wildman–Crippen MR) is 204 cm³/mol. The number of nitrogens with zero attached hydrogens (tertiary/aromatic N) is 2. The smallest absolute Gasteiger partial charge is 0.311 e. The molecule has 1 N–H and O–H groups in total. The molecule has 0 aromatic heterocycles. The van der Waals surface area contributed by atoms with Gasteiger partial charge in [0.15, 0.2) is 23.4 Å². The molecule has 4 aliphatic rings. The molecule has 1 aromatic carbocycles. The Morgan fingerprint density at radius 3 is 2.31 bits per heavy atom. The highest BCUT2D eigenvalue weighted by Gasteiger charge is 2.58. The number of hydrogen-bond acceptors (Lipinski definition) is 12. The number of oxime groups is 1. The van der Waals surface area contributed by atoms with E-state index in [-0.39, 0.29) is 37.1 Å². The van der Waals surface area contributed by atoms with E-state index in [2.05, 4.69) is 25.9 Å². The topological polar surface area (TPSA) is 135 Å². The summed E-state index contributed by atoms with van der Waals surface area (Å²) in [6.07, 6.45) is -2.49. The van der Waals surface area contributed by atoms with Crippen molar-refractivity contribution in [2.75, 3.05) is 27.3 Å². The van der Waals surface area contributed by atoms with Gasteiger partial charge in [-0.15, -0.1) is 0 Å². The molecule has 4 fully saturated rings. The molecule has 3 unspecified atom stereocenters. The second-order valence-corrected chi connectivity index (χ2v) is 17.5. The molecule has 4 heterocycles. The molecule has 4 bridgehead atoms. The lowest BCUT2D eigenvalue weighted by Gasteiger charge is -2.48. The third-order valence-electron chi connectivity index (χ3n) is 12.2. The lowest BCUT2D eigenvalue weighted by Crippen LogP contribution is -2.59. The van der Waals surface area contributed by atoms with Crippen molar-refractivity contribution < 1.29 is 48.0 Å². The van der Waals surface area contributed by atoms with Gasteiger partial charge < -0.3 is 43.3 Å². The maximum Gasteiger partial charge on any atom is 0.311 e. The van der Waals surface area contributed by atoms with Crippen molar-refractivity contribution in [3.05, 3.63) is 29.8 Å². The number of ketones is 1. The van der Waals surface area contributed by atoms with Crippen LogP contribution in [0, 0.1) is 29.6 Å². The van der Waals surface area contributed by atoms with Crippen molar-refractivity contribution >= 4 is 17.5 Å². The Morgan fingerprint density at radius 1 is 1.00 bits per heavy atom. The van der Waals surface area contributed by atoms with Gasteiger partial charge in [-0.1, -0.05) is 58.8 Å². The maximum atomic E-state index is 14.2. The van der Waals surface area contributed by atoms with Gasteiger partial charge in [0.1, 0.15) is 17.9 Å². The number of carbonyl (C=O) groups excluding carboxylic acids is 2. The zero-order chi connectivity index (χ0) is 39.7. The number of Topliss-reactive ketones (excluding diaryl/α,β-unsaturated/α-hetero) is 1. The number of cyclic esters (lactones) is 1. The summed E-state index contributed by atoms with van der Waals surface area (Å²) in [6, 6.07) is 7.67. The molecule has 0 amide bonds. The number of fused-ring (bicyclic) bond motifs is 5. The molecular formula is C42H66N2O10. The van der Waals surface area contributed by atoms with Crippen LogP contribution in [0.2, 0.25) is 0 Å². The van der Waals surface area contributed by atoms with E-state index in [1.807, 2.05) is 77.9 Å². The van der Waals surface area contributed by atoms with Crippen molar-refractivity contribution in [2.45, 2.75) is 155 Å². The summed E-state index contributed by atoms with van der Waals surface area (Å²) in [5.41, 5.74) is -0.675. The van der Waals surface area contributed by atoms with Crippen LogP contribution in [0.25, 0.3) is 0 Å². The Kier molecular flexibility index (Phi) is 13.7. The Hall–Kier alpha value is -2.45. The minimum Gasteiger partial charge on any atom is -0.459 e. The van der Waals surface area contributed by atoms with E-state index in [1.54, 1.807) is 13.8 Å². The zero-order valence-electron chi connectivity index (χ0n) is 34.6. The summed E-state index contributed by atoms with van der Waals surface area (Å²) >= 11 is 0. The molecule has 0 aliphatic carbocycles. The number of likely N-dealkylation sites (N-methyl/N-ethyl adjacent to an activating group) is 1. The van der Waals surface area contributed by atoms with Gasteiger partial charge in [-0.25, -0.2) is 0 Å². The van der Waals surface area contributed by atoms with Crippen LogP contribution in [0.5, 0.6) is 5.75 Å². The quantitative estimate of drug-likeness (QED) is 0.262. The number of benzene rings is 1. The Labute approximate surface area is 322 Å². The van der Waals surface area contributed by atoms with E-state index in [9.17, 15) is 14.7 Å². The molecule has 4 saturated heterocycles. The number of esters is 1. The number of ether oxygens (including phenoxy) is 6. The fourth-order valence-electron chi connectivity index (χ4n) is 9.22. The Bertz CT molecular complexity index is 1470. The summed E-state index contributed by atoms with van der Waals surface area (Å²) in [6.45, 7) is 19.7. The minimum absolute atomic E-state index is 0.0227.